The predicted molar refractivity (Wildman–Crippen MR) is 69.9 cm³/mol. The first-order chi connectivity index (χ1) is 8.56. The highest BCUT2D eigenvalue weighted by molar-refractivity contribution is 5.78. The molecule has 2 heterocycles. The number of carbonyl (C=O) groups excluding carboxylic acids is 2. The highest BCUT2D eigenvalue weighted by atomic mass is 16.2. The molecule has 1 unspecified atom stereocenters. The average molecular weight is 252 g/mol. The first-order valence-corrected chi connectivity index (χ1v) is 7.08. The van der Waals surface area contributed by atoms with E-state index in [0.717, 1.165) is 38.8 Å². The second-order valence-corrected chi connectivity index (χ2v) is 6.00. The van der Waals surface area contributed by atoms with Crippen LogP contribution < -0.4 is 5.32 Å². The van der Waals surface area contributed by atoms with Crippen LogP contribution in [-0.2, 0) is 9.59 Å². The van der Waals surface area contributed by atoms with Crippen LogP contribution in [0.1, 0.15) is 39.0 Å². The smallest absolute Gasteiger partial charge is 0.222 e. The quantitative estimate of drug-likeness (QED) is 0.808. The van der Waals surface area contributed by atoms with Gasteiger partial charge in [-0.05, 0) is 37.5 Å². The standard InChI is InChI=1S/C14H24N2O2/c1-10-3-4-11(8-15-14(10)18)7-12-5-6-13(17)16(2)9-12/h10-12H,3-9H2,1-2H3,(H,15,18)/t10-,11?,12+/m0/s1. The van der Waals surface area contributed by atoms with Gasteiger partial charge in [0.1, 0.15) is 0 Å². The maximum absolute atomic E-state index is 11.6. The van der Waals surface area contributed by atoms with Gasteiger partial charge in [0.15, 0.2) is 0 Å². The van der Waals surface area contributed by atoms with Crippen LogP contribution >= 0.6 is 0 Å². The average Bonchev–Trinajstić information content (AvgIpc) is 2.49. The highest BCUT2D eigenvalue weighted by Gasteiger charge is 2.27. The fourth-order valence-electron chi connectivity index (χ4n) is 3.10. The second kappa shape index (κ2) is 5.72. The molecule has 0 aromatic heterocycles. The molecule has 2 aliphatic rings. The van der Waals surface area contributed by atoms with Gasteiger partial charge in [-0.2, -0.15) is 0 Å². The van der Waals surface area contributed by atoms with E-state index in [0.29, 0.717) is 18.3 Å². The van der Waals surface area contributed by atoms with Gasteiger partial charge in [-0.1, -0.05) is 6.92 Å². The molecule has 2 rings (SSSR count). The minimum Gasteiger partial charge on any atom is -0.356 e. The monoisotopic (exact) mass is 252 g/mol. The van der Waals surface area contributed by atoms with E-state index < -0.39 is 0 Å². The molecule has 2 saturated heterocycles. The number of hydrogen-bond acceptors (Lipinski definition) is 2. The molecule has 0 aromatic rings. The van der Waals surface area contributed by atoms with Crippen molar-refractivity contribution in [1.82, 2.24) is 10.2 Å². The maximum Gasteiger partial charge on any atom is 0.222 e. The molecule has 2 aliphatic heterocycles. The van der Waals surface area contributed by atoms with Gasteiger partial charge in [-0.3, -0.25) is 9.59 Å². The Bertz CT molecular complexity index is 330. The van der Waals surface area contributed by atoms with Gasteiger partial charge in [-0.15, -0.1) is 0 Å². The summed E-state index contributed by atoms with van der Waals surface area (Å²) < 4.78 is 0. The van der Waals surface area contributed by atoms with Gasteiger partial charge in [0, 0.05) is 32.5 Å². The van der Waals surface area contributed by atoms with Crippen LogP contribution in [0.3, 0.4) is 0 Å². The first kappa shape index (κ1) is 13.4. The molecule has 2 fully saturated rings. The maximum atomic E-state index is 11.6. The zero-order valence-corrected chi connectivity index (χ0v) is 11.4. The Hall–Kier alpha value is -1.06. The van der Waals surface area contributed by atoms with Crippen molar-refractivity contribution in [3.63, 3.8) is 0 Å². The van der Waals surface area contributed by atoms with Crippen LogP contribution in [0.15, 0.2) is 0 Å². The Morgan fingerprint density at radius 2 is 2.00 bits per heavy atom. The summed E-state index contributed by atoms with van der Waals surface area (Å²) in [6, 6.07) is 0. The SMILES string of the molecule is C[C@H]1CCC(C[C@H]2CCC(=O)N(C)C2)CNC1=O. The molecular weight excluding hydrogens is 228 g/mol. The number of hydrogen-bond donors (Lipinski definition) is 1. The summed E-state index contributed by atoms with van der Waals surface area (Å²) >= 11 is 0. The molecular formula is C14H24N2O2. The number of piperidine rings is 1. The Morgan fingerprint density at radius 1 is 1.22 bits per heavy atom. The van der Waals surface area contributed by atoms with E-state index in [9.17, 15) is 9.59 Å². The normalized spacial score (nSPS) is 34.1. The van der Waals surface area contributed by atoms with Crippen molar-refractivity contribution in [2.75, 3.05) is 20.1 Å². The molecule has 0 aromatic carbocycles. The van der Waals surface area contributed by atoms with Gasteiger partial charge in [0.05, 0.1) is 0 Å². The summed E-state index contributed by atoms with van der Waals surface area (Å²) in [5.74, 6) is 1.83. The van der Waals surface area contributed by atoms with Crippen LogP contribution in [0, 0.1) is 17.8 Å². The molecule has 0 saturated carbocycles. The Balaban J connectivity index is 1.82. The van der Waals surface area contributed by atoms with Crippen molar-refractivity contribution in [3.8, 4) is 0 Å². The topological polar surface area (TPSA) is 49.4 Å². The molecule has 1 N–H and O–H groups in total. The van der Waals surface area contributed by atoms with Gasteiger partial charge < -0.3 is 10.2 Å². The summed E-state index contributed by atoms with van der Waals surface area (Å²) in [5, 5.41) is 3.03. The Morgan fingerprint density at radius 3 is 2.72 bits per heavy atom. The van der Waals surface area contributed by atoms with Crippen LogP contribution in [0.2, 0.25) is 0 Å². The van der Waals surface area contributed by atoms with Crippen LogP contribution in [0.4, 0.5) is 0 Å². The van der Waals surface area contributed by atoms with E-state index in [1.54, 1.807) is 0 Å². The van der Waals surface area contributed by atoms with Crippen molar-refractivity contribution >= 4 is 11.8 Å². The van der Waals surface area contributed by atoms with Gasteiger partial charge in [0.2, 0.25) is 11.8 Å². The van der Waals surface area contributed by atoms with E-state index in [1.165, 1.54) is 0 Å². The first-order valence-electron chi connectivity index (χ1n) is 7.08. The van der Waals surface area contributed by atoms with E-state index >= 15 is 0 Å². The molecule has 18 heavy (non-hydrogen) atoms. The molecule has 102 valence electrons. The Labute approximate surface area is 109 Å². The lowest BCUT2D eigenvalue weighted by molar-refractivity contribution is -0.133. The van der Waals surface area contributed by atoms with E-state index in [-0.39, 0.29) is 17.7 Å². The van der Waals surface area contributed by atoms with Crippen LogP contribution in [-0.4, -0.2) is 36.9 Å². The highest BCUT2D eigenvalue weighted by Crippen LogP contribution is 2.27. The van der Waals surface area contributed by atoms with Gasteiger partial charge >= 0.3 is 0 Å². The van der Waals surface area contributed by atoms with Crippen molar-refractivity contribution < 1.29 is 9.59 Å². The molecule has 0 spiro atoms. The third kappa shape index (κ3) is 3.24. The fourth-order valence-corrected chi connectivity index (χ4v) is 3.10. The third-order valence-electron chi connectivity index (χ3n) is 4.41. The number of amides is 2. The van der Waals surface area contributed by atoms with Crippen molar-refractivity contribution in [2.45, 2.75) is 39.0 Å². The molecule has 3 atom stereocenters. The van der Waals surface area contributed by atoms with Crippen LogP contribution in [0.25, 0.3) is 0 Å². The summed E-state index contributed by atoms with van der Waals surface area (Å²) in [6.07, 6.45) is 4.98. The largest absolute Gasteiger partial charge is 0.356 e. The summed E-state index contributed by atoms with van der Waals surface area (Å²) in [5.41, 5.74) is 0. The zero-order valence-electron chi connectivity index (χ0n) is 11.4. The molecule has 2 amide bonds. The Kier molecular flexibility index (Phi) is 4.25. The van der Waals surface area contributed by atoms with E-state index in [4.69, 9.17) is 0 Å². The number of likely N-dealkylation sites (tertiary alicyclic amines) is 1. The summed E-state index contributed by atoms with van der Waals surface area (Å²) in [4.78, 5) is 24.9. The number of nitrogens with one attached hydrogen (secondary N) is 1. The van der Waals surface area contributed by atoms with E-state index in [1.807, 2.05) is 18.9 Å². The number of nitrogens with zero attached hydrogens (tertiary/aromatic N) is 1. The van der Waals surface area contributed by atoms with Crippen molar-refractivity contribution in [2.24, 2.45) is 17.8 Å². The second-order valence-electron chi connectivity index (χ2n) is 6.00. The number of rotatable bonds is 2. The molecule has 0 bridgehead atoms. The van der Waals surface area contributed by atoms with Crippen molar-refractivity contribution in [1.29, 1.82) is 0 Å². The molecule has 0 aliphatic carbocycles. The van der Waals surface area contributed by atoms with Gasteiger partial charge in [0.25, 0.3) is 0 Å². The summed E-state index contributed by atoms with van der Waals surface area (Å²) in [6.45, 7) is 3.71. The predicted octanol–water partition coefficient (Wildman–Crippen LogP) is 1.41. The lowest BCUT2D eigenvalue weighted by atomic mass is 9.85. The lowest BCUT2D eigenvalue weighted by Gasteiger charge is -2.31. The lowest BCUT2D eigenvalue weighted by Crippen LogP contribution is -2.38. The van der Waals surface area contributed by atoms with Crippen LogP contribution in [0.5, 0.6) is 0 Å². The fraction of sp³-hybridized carbons (Fsp3) is 0.857. The molecule has 0 radical (unpaired) electrons. The molecule has 4 nitrogen and oxygen atoms in total. The molecule has 4 heteroatoms. The van der Waals surface area contributed by atoms with Crippen molar-refractivity contribution in [3.05, 3.63) is 0 Å². The summed E-state index contributed by atoms with van der Waals surface area (Å²) in [7, 11) is 1.89. The minimum absolute atomic E-state index is 0.158. The zero-order chi connectivity index (χ0) is 13.1. The van der Waals surface area contributed by atoms with E-state index in [2.05, 4.69) is 5.32 Å². The van der Waals surface area contributed by atoms with Gasteiger partial charge in [-0.25, -0.2) is 0 Å². The number of carbonyl (C=O) groups is 2. The minimum atomic E-state index is 0.158. The third-order valence-corrected chi connectivity index (χ3v) is 4.41.